The third kappa shape index (κ3) is 2.78. The van der Waals surface area contributed by atoms with Crippen molar-refractivity contribution in [3.8, 4) is 0 Å². The lowest BCUT2D eigenvalue weighted by Crippen LogP contribution is -2.29. The van der Waals surface area contributed by atoms with Gasteiger partial charge in [-0.25, -0.2) is 0 Å². The molecule has 1 atom stereocenters. The summed E-state index contributed by atoms with van der Waals surface area (Å²) < 4.78 is 2.92. The van der Waals surface area contributed by atoms with Gasteiger partial charge in [0, 0.05) is 28.6 Å². The molecule has 25 heavy (non-hydrogen) atoms. The Bertz CT molecular complexity index is 1040. The van der Waals surface area contributed by atoms with Crippen molar-refractivity contribution in [1.82, 2.24) is 9.88 Å². The molecule has 5 heteroatoms. The van der Waals surface area contributed by atoms with Gasteiger partial charge in [-0.15, -0.1) is 0 Å². The summed E-state index contributed by atoms with van der Waals surface area (Å²) in [6.07, 6.45) is 2.57. The van der Waals surface area contributed by atoms with E-state index in [1.165, 1.54) is 0 Å². The van der Waals surface area contributed by atoms with Crippen LogP contribution in [0.2, 0.25) is 0 Å². The summed E-state index contributed by atoms with van der Waals surface area (Å²) in [4.78, 5) is 25.5. The predicted molar refractivity (Wildman–Crippen MR) is 102 cm³/mol. The van der Waals surface area contributed by atoms with Crippen LogP contribution in [-0.2, 0) is 13.0 Å². The molecule has 0 bridgehead atoms. The van der Waals surface area contributed by atoms with Gasteiger partial charge in [0.15, 0.2) is 0 Å². The van der Waals surface area contributed by atoms with Crippen molar-refractivity contribution in [1.29, 1.82) is 0 Å². The number of aromatic nitrogens is 1. The van der Waals surface area contributed by atoms with E-state index >= 15 is 0 Å². The van der Waals surface area contributed by atoms with Gasteiger partial charge in [0.05, 0.1) is 5.52 Å². The van der Waals surface area contributed by atoms with Gasteiger partial charge in [-0.05, 0) is 36.6 Å². The first kappa shape index (κ1) is 16.1. The first-order valence-corrected chi connectivity index (χ1v) is 9.03. The summed E-state index contributed by atoms with van der Waals surface area (Å²) in [6.45, 7) is 2.50. The Balaban J connectivity index is 1.75. The Labute approximate surface area is 153 Å². The minimum atomic E-state index is -0.333. The van der Waals surface area contributed by atoms with E-state index in [2.05, 4.69) is 38.8 Å². The van der Waals surface area contributed by atoms with Crippen LogP contribution in [0.5, 0.6) is 0 Å². The minimum Gasteiger partial charge on any atom is -0.348 e. The number of nitrogens with one attached hydrogen (secondary N) is 1. The first-order valence-electron chi connectivity index (χ1n) is 8.24. The SMILES string of the molecule is C[C@@H]1Cc2cc(Br)cc3c(=O)c(C(=O)NCc4ccccc4)cn1c23. The minimum absolute atomic E-state index is 0.196. The molecule has 0 unspecified atom stereocenters. The second kappa shape index (κ2) is 6.15. The molecule has 2 heterocycles. The maximum absolute atomic E-state index is 12.9. The summed E-state index contributed by atoms with van der Waals surface area (Å²) in [5.74, 6) is -0.333. The number of rotatable bonds is 3. The standard InChI is InChI=1S/C20H17BrN2O2/c1-12-7-14-8-15(21)9-16-18(14)23(12)11-17(19(16)24)20(25)22-10-13-5-3-2-4-6-13/h2-6,8-9,11-12H,7,10H2,1H3,(H,22,25)/t12-/m1/s1. The van der Waals surface area contributed by atoms with Gasteiger partial charge in [-0.3, -0.25) is 9.59 Å². The number of hydrogen-bond acceptors (Lipinski definition) is 2. The maximum atomic E-state index is 12.9. The fraction of sp³-hybridized carbons (Fsp3) is 0.200. The summed E-state index contributed by atoms with van der Waals surface area (Å²) in [5.41, 5.74) is 3.07. The highest BCUT2D eigenvalue weighted by molar-refractivity contribution is 9.10. The molecule has 0 saturated carbocycles. The number of nitrogens with zero attached hydrogens (tertiary/aromatic N) is 1. The van der Waals surface area contributed by atoms with Crippen LogP contribution in [0.15, 0.2) is 57.9 Å². The first-order chi connectivity index (χ1) is 12.0. The molecule has 1 aliphatic rings. The van der Waals surface area contributed by atoms with Crippen molar-refractivity contribution in [2.24, 2.45) is 0 Å². The average molecular weight is 397 g/mol. The molecule has 1 aromatic heterocycles. The van der Waals surface area contributed by atoms with E-state index in [4.69, 9.17) is 0 Å². The van der Waals surface area contributed by atoms with Gasteiger partial charge in [-0.1, -0.05) is 46.3 Å². The number of carbonyl (C=O) groups is 1. The van der Waals surface area contributed by atoms with Crippen molar-refractivity contribution in [2.75, 3.05) is 0 Å². The van der Waals surface area contributed by atoms with Crippen LogP contribution in [0.1, 0.15) is 34.5 Å². The molecular formula is C20H17BrN2O2. The summed E-state index contributed by atoms with van der Waals surface area (Å²) in [7, 11) is 0. The smallest absolute Gasteiger partial charge is 0.257 e. The molecule has 0 fully saturated rings. The summed E-state index contributed by atoms with van der Waals surface area (Å²) >= 11 is 3.48. The highest BCUT2D eigenvalue weighted by Gasteiger charge is 2.25. The van der Waals surface area contributed by atoms with E-state index in [1.807, 2.05) is 36.4 Å². The quantitative estimate of drug-likeness (QED) is 0.731. The number of halogens is 1. The lowest BCUT2D eigenvalue weighted by Gasteiger charge is -2.13. The predicted octanol–water partition coefficient (Wildman–Crippen LogP) is 3.81. The fourth-order valence-electron chi connectivity index (χ4n) is 3.50. The van der Waals surface area contributed by atoms with E-state index in [1.54, 1.807) is 6.20 Å². The van der Waals surface area contributed by atoms with Crippen molar-refractivity contribution in [2.45, 2.75) is 25.9 Å². The lowest BCUT2D eigenvalue weighted by atomic mass is 10.1. The zero-order valence-electron chi connectivity index (χ0n) is 13.8. The fourth-order valence-corrected chi connectivity index (χ4v) is 4.00. The third-order valence-electron chi connectivity index (χ3n) is 4.70. The van der Waals surface area contributed by atoms with Crippen LogP contribution >= 0.6 is 15.9 Å². The lowest BCUT2D eigenvalue weighted by molar-refractivity contribution is 0.0949. The Hall–Kier alpha value is -2.40. The highest BCUT2D eigenvalue weighted by atomic mass is 79.9. The summed E-state index contributed by atoms with van der Waals surface area (Å²) in [6, 6.07) is 13.8. The van der Waals surface area contributed by atoms with Gasteiger partial charge in [0.2, 0.25) is 5.43 Å². The molecular weight excluding hydrogens is 380 g/mol. The number of benzene rings is 2. The van der Waals surface area contributed by atoms with Gasteiger partial charge in [0.1, 0.15) is 5.56 Å². The van der Waals surface area contributed by atoms with Gasteiger partial charge < -0.3 is 9.88 Å². The van der Waals surface area contributed by atoms with Gasteiger partial charge in [-0.2, -0.15) is 0 Å². The molecule has 1 N–H and O–H groups in total. The van der Waals surface area contributed by atoms with Crippen LogP contribution in [-0.4, -0.2) is 10.5 Å². The van der Waals surface area contributed by atoms with Crippen LogP contribution in [0.25, 0.3) is 10.9 Å². The molecule has 126 valence electrons. The summed E-state index contributed by atoms with van der Waals surface area (Å²) in [5, 5.41) is 3.45. The normalized spacial score (nSPS) is 15.5. The Morgan fingerprint density at radius 3 is 2.80 bits per heavy atom. The average Bonchev–Trinajstić information content (AvgIpc) is 2.92. The van der Waals surface area contributed by atoms with E-state index < -0.39 is 0 Å². The monoisotopic (exact) mass is 396 g/mol. The zero-order valence-corrected chi connectivity index (χ0v) is 15.3. The molecule has 0 aliphatic carbocycles. The molecule has 2 aromatic carbocycles. The number of pyridine rings is 1. The van der Waals surface area contributed by atoms with E-state index in [0.717, 1.165) is 27.5 Å². The molecule has 4 nitrogen and oxygen atoms in total. The Morgan fingerprint density at radius 2 is 2.04 bits per heavy atom. The molecule has 0 saturated heterocycles. The molecule has 1 amide bonds. The topological polar surface area (TPSA) is 51.1 Å². The third-order valence-corrected chi connectivity index (χ3v) is 5.16. The number of carbonyl (C=O) groups excluding carboxylic acids is 1. The van der Waals surface area contributed by atoms with Crippen molar-refractivity contribution in [3.05, 3.63) is 80.0 Å². The second-order valence-electron chi connectivity index (χ2n) is 6.46. The Morgan fingerprint density at radius 1 is 1.28 bits per heavy atom. The van der Waals surface area contributed by atoms with Crippen LogP contribution in [0, 0.1) is 0 Å². The molecule has 1 aliphatic heterocycles. The molecule has 3 aromatic rings. The van der Waals surface area contributed by atoms with E-state index in [-0.39, 0.29) is 22.9 Å². The van der Waals surface area contributed by atoms with Gasteiger partial charge >= 0.3 is 0 Å². The second-order valence-corrected chi connectivity index (χ2v) is 7.38. The number of amides is 1. The zero-order chi connectivity index (χ0) is 17.6. The van der Waals surface area contributed by atoms with Crippen LogP contribution in [0.4, 0.5) is 0 Å². The van der Waals surface area contributed by atoms with Gasteiger partial charge in [0.25, 0.3) is 5.91 Å². The van der Waals surface area contributed by atoms with Crippen LogP contribution < -0.4 is 10.7 Å². The van der Waals surface area contributed by atoms with E-state index in [0.29, 0.717) is 11.9 Å². The van der Waals surface area contributed by atoms with Crippen LogP contribution in [0.3, 0.4) is 0 Å². The highest BCUT2D eigenvalue weighted by Crippen LogP contribution is 2.33. The number of hydrogen-bond donors (Lipinski definition) is 1. The molecule has 0 radical (unpaired) electrons. The molecule has 0 spiro atoms. The molecule has 4 rings (SSSR count). The van der Waals surface area contributed by atoms with Crippen molar-refractivity contribution in [3.63, 3.8) is 0 Å². The van der Waals surface area contributed by atoms with Crippen molar-refractivity contribution < 1.29 is 4.79 Å². The van der Waals surface area contributed by atoms with E-state index in [9.17, 15) is 9.59 Å². The maximum Gasteiger partial charge on any atom is 0.257 e. The Kier molecular flexibility index (Phi) is 3.96. The largest absolute Gasteiger partial charge is 0.348 e. The van der Waals surface area contributed by atoms with Crippen molar-refractivity contribution >= 4 is 32.7 Å².